The van der Waals surface area contributed by atoms with Crippen molar-refractivity contribution in [1.29, 1.82) is 0 Å². The van der Waals surface area contributed by atoms with Crippen LogP contribution >= 0.6 is 0 Å². The van der Waals surface area contributed by atoms with Crippen LogP contribution in [0.4, 0.5) is 22.0 Å². The van der Waals surface area contributed by atoms with Gasteiger partial charge in [0.1, 0.15) is 5.75 Å². The Morgan fingerprint density at radius 3 is 2.39 bits per heavy atom. The molecule has 8 heteroatoms. The summed E-state index contributed by atoms with van der Waals surface area (Å²) in [5, 5.41) is 0.185. The molecule has 0 saturated heterocycles. The van der Waals surface area contributed by atoms with Gasteiger partial charge in [0.2, 0.25) is 0 Å². The average Bonchev–Trinajstić information content (AvgIpc) is 2.70. The number of ether oxygens (including phenoxy) is 1. The molecule has 0 saturated carbocycles. The van der Waals surface area contributed by atoms with Crippen molar-refractivity contribution < 1.29 is 26.7 Å². The normalized spacial score (nSPS) is 13.2. The Morgan fingerprint density at radius 1 is 1.00 bits per heavy atom. The Balaban J connectivity index is 2.00. The maximum absolute atomic E-state index is 13.7. The van der Waals surface area contributed by atoms with Crippen LogP contribution in [0.25, 0.3) is 22.2 Å². The van der Waals surface area contributed by atoms with Crippen LogP contribution in [0.5, 0.6) is 5.75 Å². The number of hydrogen-bond donors (Lipinski definition) is 0. The van der Waals surface area contributed by atoms with Crippen LogP contribution in [0, 0.1) is 11.8 Å². The molecule has 166 valence electrons. The zero-order valence-electron chi connectivity index (χ0n) is 17.4. The second kappa shape index (κ2) is 9.16. The van der Waals surface area contributed by atoms with Crippen LogP contribution in [0.2, 0.25) is 0 Å². The highest BCUT2D eigenvalue weighted by Crippen LogP contribution is 2.36. The smallest absolute Gasteiger partial charge is 0.416 e. The molecule has 0 amide bonds. The molecule has 1 aromatic carbocycles. The number of hydrogen-bond acceptors (Lipinski definition) is 3. The van der Waals surface area contributed by atoms with Crippen LogP contribution < -0.4 is 4.74 Å². The molecule has 0 radical (unpaired) electrons. The van der Waals surface area contributed by atoms with Gasteiger partial charge in [-0.15, -0.1) is 0 Å². The molecule has 0 bridgehead atoms. The van der Waals surface area contributed by atoms with Gasteiger partial charge >= 0.3 is 6.18 Å². The van der Waals surface area contributed by atoms with Crippen LogP contribution in [0.3, 0.4) is 0 Å². The number of halogens is 5. The first-order valence-electron chi connectivity index (χ1n) is 9.93. The minimum Gasteiger partial charge on any atom is -0.491 e. The molecule has 3 nitrogen and oxygen atoms in total. The first kappa shape index (κ1) is 22.9. The molecular formula is C23H23F5N2O. The van der Waals surface area contributed by atoms with E-state index in [0.717, 1.165) is 18.6 Å². The predicted octanol–water partition coefficient (Wildman–Crippen LogP) is 7.31. The monoisotopic (exact) mass is 438 g/mol. The summed E-state index contributed by atoms with van der Waals surface area (Å²) in [5.41, 5.74) is -0.461. The van der Waals surface area contributed by atoms with Crippen molar-refractivity contribution in [3.8, 4) is 17.0 Å². The lowest BCUT2D eigenvalue weighted by atomic mass is 10.00. The Labute approximate surface area is 177 Å². The zero-order valence-corrected chi connectivity index (χ0v) is 17.4. The van der Waals surface area contributed by atoms with Crippen LogP contribution in [0.15, 0.2) is 42.7 Å². The largest absolute Gasteiger partial charge is 0.491 e. The van der Waals surface area contributed by atoms with Gasteiger partial charge in [-0.25, -0.2) is 8.78 Å². The minimum atomic E-state index is -4.53. The summed E-state index contributed by atoms with van der Waals surface area (Å²) >= 11 is 0. The summed E-state index contributed by atoms with van der Waals surface area (Å²) in [6.45, 7) is 6.39. The van der Waals surface area contributed by atoms with Crippen molar-refractivity contribution >= 4 is 10.9 Å². The predicted molar refractivity (Wildman–Crippen MR) is 109 cm³/mol. The molecule has 0 aliphatic carbocycles. The van der Waals surface area contributed by atoms with Gasteiger partial charge in [-0.05, 0) is 48.6 Å². The summed E-state index contributed by atoms with van der Waals surface area (Å²) in [4.78, 5) is 8.28. The number of rotatable bonds is 7. The van der Waals surface area contributed by atoms with Gasteiger partial charge in [0, 0.05) is 17.1 Å². The first-order chi connectivity index (χ1) is 14.6. The number of benzene rings is 1. The van der Waals surface area contributed by atoms with Gasteiger partial charge in [0.25, 0.3) is 6.43 Å². The lowest BCUT2D eigenvalue weighted by Gasteiger charge is -2.17. The molecule has 0 aliphatic heterocycles. The van der Waals surface area contributed by atoms with Gasteiger partial charge in [-0.2, -0.15) is 13.2 Å². The Bertz CT molecular complexity index is 1050. The Hall–Kier alpha value is -2.77. The number of fused-ring (bicyclic) bond motifs is 1. The molecule has 0 unspecified atom stereocenters. The van der Waals surface area contributed by atoms with E-state index in [2.05, 4.69) is 23.8 Å². The number of aromatic nitrogens is 2. The van der Waals surface area contributed by atoms with Gasteiger partial charge in [0.05, 0.1) is 35.1 Å². The van der Waals surface area contributed by atoms with Crippen molar-refractivity contribution in [3.63, 3.8) is 0 Å². The Morgan fingerprint density at radius 2 is 1.74 bits per heavy atom. The second-order valence-corrected chi connectivity index (χ2v) is 8.04. The van der Waals surface area contributed by atoms with E-state index in [1.54, 1.807) is 0 Å². The average molecular weight is 438 g/mol. The highest BCUT2D eigenvalue weighted by molar-refractivity contribution is 5.94. The fourth-order valence-electron chi connectivity index (χ4n) is 3.55. The number of pyridine rings is 2. The number of nitrogens with zero attached hydrogens (tertiary/aromatic N) is 2. The van der Waals surface area contributed by atoms with E-state index in [4.69, 9.17) is 4.74 Å². The van der Waals surface area contributed by atoms with Crippen molar-refractivity contribution in [3.05, 3.63) is 53.9 Å². The molecular weight excluding hydrogens is 415 g/mol. The molecule has 0 N–H and O–H groups in total. The van der Waals surface area contributed by atoms with Gasteiger partial charge < -0.3 is 4.74 Å². The quantitative estimate of drug-likeness (QED) is 0.363. The molecule has 0 spiro atoms. The molecule has 3 rings (SSSR count). The highest BCUT2D eigenvalue weighted by Gasteiger charge is 2.31. The topological polar surface area (TPSA) is 35.0 Å². The van der Waals surface area contributed by atoms with E-state index in [1.165, 1.54) is 30.6 Å². The third-order valence-electron chi connectivity index (χ3n) is 4.87. The number of alkyl halides is 5. The summed E-state index contributed by atoms with van der Waals surface area (Å²) in [5.74, 6) is 0.606. The third kappa shape index (κ3) is 5.48. The summed E-state index contributed by atoms with van der Waals surface area (Å²) < 4.78 is 72.5. The van der Waals surface area contributed by atoms with E-state index in [1.807, 2.05) is 6.92 Å². The van der Waals surface area contributed by atoms with Crippen molar-refractivity contribution in [2.75, 3.05) is 6.61 Å². The first-order valence-corrected chi connectivity index (χ1v) is 9.93. The fourth-order valence-corrected chi connectivity index (χ4v) is 3.55. The molecule has 3 aromatic rings. The zero-order chi connectivity index (χ0) is 22.8. The minimum absolute atomic E-state index is 0.0244. The summed E-state index contributed by atoms with van der Waals surface area (Å²) in [7, 11) is 0. The lowest BCUT2D eigenvalue weighted by Crippen LogP contribution is -2.12. The Kier molecular flexibility index (Phi) is 6.77. The molecule has 1 atom stereocenters. The van der Waals surface area contributed by atoms with E-state index in [0.29, 0.717) is 11.4 Å². The molecule has 2 aromatic heterocycles. The van der Waals surface area contributed by atoms with Crippen molar-refractivity contribution in [2.45, 2.75) is 39.8 Å². The van der Waals surface area contributed by atoms with Crippen LogP contribution in [-0.2, 0) is 6.18 Å². The molecule has 0 aliphatic rings. The van der Waals surface area contributed by atoms with E-state index in [9.17, 15) is 22.0 Å². The summed E-state index contributed by atoms with van der Waals surface area (Å²) in [6.07, 6.45) is -3.85. The van der Waals surface area contributed by atoms with Crippen LogP contribution in [0.1, 0.15) is 44.7 Å². The van der Waals surface area contributed by atoms with E-state index in [-0.39, 0.29) is 40.5 Å². The van der Waals surface area contributed by atoms with Crippen molar-refractivity contribution in [1.82, 2.24) is 9.97 Å². The second-order valence-electron chi connectivity index (χ2n) is 8.04. The standard InChI is InChI=1S/C23H23F5N2O/c1-13(2)8-14(3)12-31-21-11-30-20(10-18(21)22(24)25)16-6-7-29-19-5-4-15(9-17(16)19)23(26,27)28/h4-7,9-11,13-14,22H,8,12H2,1-3H3/t14-/m1/s1. The van der Waals surface area contributed by atoms with E-state index < -0.39 is 18.2 Å². The molecule has 2 heterocycles. The van der Waals surface area contributed by atoms with Crippen LogP contribution in [-0.4, -0.2) is 16.6 Å². The lowest BCUT2D eigenvalue weighted by molar-refractivity contribution is -0.137. The maximum atomic E-state index is 13.7. The highest BCUT2D eigenvalue weighted by atomic mass is 19.4. The van der Waals surface area contributed by atoms with Crippen molar-refractivity contribution in [2.24, 2.45) is 11.8 Å². The maximum Gasteiger partial charge on any atom is 0.416 e. The SMILES string of the molecule is CC(C)C[C@@H](C)COc1cnc(-c2ccnc3ccc(C(F)(F)F)cc23)cc1C(F)F. The third-order valence-corrected chi connectivity index (χ3v) is 4.87. The molecule has 31 heavy (non-hydrogen) atoms. The summed E-state index contributed by atoms with van der Waals surface area (Å²) in [6, 6.07) is 5.78. The van der Waals surface area contributed by atoms with Gasteiger partial charge in [0.15, 0.2) is 0 Å². The van der Waals surface area contributed by atoms with Gasteiger partial charge in [-0.3, -0.25) is 9.97 Å². The van der Waals surface area contributed by atoms with E-state index >= 15 is 0 Å². The fraction of sp³-hybridized carbons (Fsp3) is 0.391. The van der Waals surface area contributed by atoms with Gasteiger partial charge in [-0.1, -0.05) is 20.8 Å². The molecule has 0 fully saturated rings.